The summed E-state index contributed by atoms with van der Waals surface area (Å²) in [4.78, 5) is 33.0. The monoisotopic (exact) mass is 426 g/mol. The predicted molar refractivity (Wildman–Crippen MR) is 113 cm³/mol. The Kier molecular flexibility index (Phi) is 6.46. The van der Waals surface area contributed by atoms with Crippen LogP contribution in [-0.4, -0.2) is 34.2 Å². The van der Waals surface area contributed by atoms with Crippen molar-refractivity contribution in [1.82, 2.24) is 9.97 Å². The minimum atomic E-state index is -0.519. The summed E-state index contributed by atoms with van der Waals surface area (Å²) in [6, 6.07) is 9.39. The molecule has 0 spiro atoms. The molecule has 2 heterocycles. The molecule has 0 aliphatic heterocycles. The summed E-state index contributed by atoms with van der Waals surface area (Å²) in [6.45, 7) is 5.62. The highest BCUT2D eigenvalue weighted by Crippen LogP contribution is 2.27. The predicted octanol–water partition coefficient (Wildman–Crippen LogP) is 4.09. The van der Waals surface area contributed by atoms with Gasteiger partial charge in [-0.2, -0.15) is 5.26 Å². The molecule has 0 aliphatic carbocycles. The lowest BCUT2D eigenvalue weighted by molar-refractivity contribution is -0.113. The van der Waals surface area contributed by atoms with Gasteiger partial charge in [0, 0.05) is 0 Å². The fraction of sp³-hybridized carbons (Fsp3) is 0.250. The number of nitrogens with one attached hydrogen (secondary N) is 1. The number of carbonyl (C=O) groups is 2. The molecular weight excluding hydrogens is 408 g/mol. The molecule has 7 nitrogen and oxygen atoms in total. The zero-order valence-corrected chi connectivity index (χ0v) is 17.7. The van der Waals surface area contributed by atoms with E-state index in [1.807, 2.05) is 31.2 Å². The van der Waals surface area contributed by atoms with Crippen molar-refractivity contribution in [2.24, 2.45) is 0 Å². The van der Waals surface area contributed by atoms with Crippen molar-refractivity contribution in [3.63, 3.8) is 0 Å². The van der Waals surface area contributed by atoms with E-state index >= 15 is 0 Å². The van der Waals surface area contributed by atoms with E-state index in [-0.39, 0.29) is 29.4 Å². The maximum atomic E-state index is 12.3. The molecule has 3 rings (SSSR count). The molecule has 1 amide bonds. The first kappa shape index (κ1) is 20.8. The molecule has 2 aromatic heterocycles. The van der Waals surface area contributed by atoms with Gasteiger partial charge in [-0.15, -0.1) is 0 Å². The van der Waals surface area contributed by atoms with Gasteiger partial charge < -0.3 is 10.1 Å². The average Bonchev–Trinajstić information content (AvgIpc) is 3.07. The number of hydrogen-bond donors (Lipinski definition) is 1. The number of hydrogen-bond acceptors (Lipinski definition) is 8. The Hall–Kier alpha value is -2.96. The average molecular weight is 427 g/mol. The number of rotatable bonds is 6. The number of anilines is 1. The Morgan fingerprint density at radius 2 is 2.07 bits per heavy atom. The molecule has 0 atom stereocenters. The van der Waals surface area contributed by atoms with Crippen molar-refractivity contribution >= 4 is 50.3 Å². The number of esters is 1. The molecule has 0 bridgehead atoms. The van der Waals surface area contributed by atoms with Crippen molar-refractivity contribution in [3.05, 3.63) is 46.6 Å². The SMILES string of the molecule is CCOC(=O)c1cc(C#N)c(SCC(=O)Nc2nc3ccc(C)cc3s2)nc1C. The Bertz CT molecular complexity index is 1130. The summed E-state index contributed by atoms with van der Waals surface area (Å²) in [5.41, 5.74) is 2.90. The summed E-state index contributed by atoms with van der Waals surface area (Å²) in [5, 5.41) is 13.1. The molecule has 9 heteroatoms. The topological polar surface area (TPSA) is 105 Å². The second-order valence-electron chi connectivity index (χ2n) is 6.13. The maximum Gasteiger partial charge on any atom is 0.340 e. The summed E-state index contributed by atoms with van der Waals surface area (Å²) in [7, 11) is 0. The molecule has 0 saturated heterocycles. The molecule has 0 aliphatic rings. The highest BCUT2D eigenvalue weighted by molar-refractivity contribution is 8.00. The van der Waals surface area contributed by atoms with Gasteiger partial charge >= 0.3 is 5.97 Å². The van der Waals surface area contributed by atoms with Crippen LogP contribution in [0.25, 0.3) is 10.2 Å². The standard InChI is InChI=1S/C20H18N4O3S2/c1-4-27-19(26)14-8-13(9-21)18(22-12(14)3)28-10-17(25)24-20-23-15-6-5-11(2)7-16(15)29-20/h5-8H,4,10H2,1-3H3,(H,23,24,25). The first-order valence-corrected chi connectivity index (χ1v) is 10.6. The number of aryl methyl sites for hydroxylation is 2. The minimum absolute atomic E-state index is 0.0643. The Morgan fingerprint density at radius 3 is 2.79 bits per heavy atom. The first-order valence-electron chi connectivity index (χ1n) is 8.80. The van der Waals surface area contributed by atoms with E-state index in [9.17, 15) is 14.9 Å². The van der Waals surface area contributed by atoms with Crippen LogP contribution in [0.5, 0.6) is 0 Å². The highest BCUT2D eigenvalue weighted by Gasteiger charge is 2.17. The van der Waals surface area contributed by atoms with Crippen LogP contribution in [0.3, 0.4) is 0 Å². The second kappa shape index (κ2) is 9.03. The van der Waals surface area contributed by atoms with E-state index < -0.39 is 5.97 Å². The number of thiazole rings is 1. The van der Waals surface area contributed by atoms with E-state index in [4.69, 9.17) is 4.74 Å². The van der Waals surface area contributed by atoms with Crippen molar-refractivity contribution < 1.29 is 14.3 Å². The lowest BCUT2D eigenvalue weighted by Gasteiger charge is -2.09. The zero-order valence-electron chi connectivity index (χ0n) is 16.1. The highest BCUT2D eigenvalue weighted by atomic mass is 32.2. The number of pyridine rings is 1. The number of thioether (sulfide) groups is 1. The first-order chi connectivity index (χ1) is 13.9. The van der Waals surface area contributed by atoms with Crippen LogP contribution in [0.1, 0.15) is 34.1 Å². The normalized spacial score (nSPS) is 10.6. The molecule has 3 aromatic rings. The fourth-order valence-corrected chi connectivity index (χ4v) is 4.35. The van der Waals surface area contributed by atoms with Gasteiger partial charge in [-0.25, -0.2) is 14.8 Å². The minimum Gasteiger partial charge on any atom is -0.462 e. The molecule has 0 unspecified atom stereocenters. The molecule has 1 N–H and O–H groups in total. The number of amides is 1. The molecule has 0 fully saturated rings. The number of fused-ring (bicyclic) bond motifs is 1. The molecule has 0 saturated carbocycles. The lowest BCUT2D eigenvalue weighted by Crippen LogP contribution is -2.14. The van der Waals surface area contributed by atoms with Crippen LogP contribution < -0.4 is 5.32 Å². The van der Waals surface area contributed by atoms with Crippen LogP contribution in [0.2, 0.25) is 0 Å². The van der Waals surface area contributed by atoms with Gasteiger partial charge in [0.1, 0.15) is 11.1 Å². The third-order valence-electron chi connectivity index (χ3n) is 3.92. The van der Waals surface area contributed by atoms with Gasteiger partial charge in [-0.1, -0.05) is 29.2 Å². The van der Waals surface area contributed by atoms with Crippen molar-refractivity contribution in [2.75, 3.05) is 17.7 Å². The summed E-state index contributed by atoms with van der Waals surface area (Å²) in [6.07, 6.45) is 0. The van der Waals surface area contributed by atoms with Crippen molar-refractivity contribution in [1.29, 1.82) is 5.26 Å². The zero-order chi connectivity index (χ0) is 21.0. The largest absolute Gasteiger partial charge is 0.462 e. The van der Waals surface area contributed by atoms with Gasteiger partial charge in [0.15, 0.2) is 5.13 Å². The van der Waals surface area contributed by atoms with Gasteiger partial charge in [0.25, 0.3) is 0 Å². The van der Waals surface area contributed by atoms with Gasteiger partial charge in [0.05, 0.1) is 39.4 Å². The number of benzene rings is 1. The molecule has 1 aromatic carbocycles. The number of carbonyl (C=O) groups excluding carboxylic acids is 2. The van der Waals surface area contributed by atoms with Crippen LogP contribution in [0.15, 0.2) is 29.3 Å². The molecule has 148 valence electrons. The van der Waals surface area contributed by atoms with Crippen LogP contribution in [0, 0.1) is 25.2 Å². The number of nitrogens with zero attached hydrogens (tertiary/aromatic N) is 3. The van der Waals surface area contributed by atoms with Crippen LogP contribution in [0.4, 0.5) is 5.13 Å². The van der Waals surface area contributed by atoms with E-state index in [0.29, 0.717) is 15.9 Å². The van der Waals surface area contributed by atoms with Crippen LogP contribution >= 0.6 is 23.1 Å². The van der Waals surface area contributed by atoms with Crippen molar-refractivity contribution in [3.8, 4) is 6.07 Å². The van der Waals surface area contributed by atoms with E-state index in [2.05, 4.69) is 15.3 Å². The number of ether oxygens (including phenoxy) is 1. The molecule has 29 heavy (non-hydrogen) atoms. The smallest absolute Gasteiger partial charge is 0.340 e. The lowest BCUT2D eigenvalue weighted by atomic mass is 10.1. The quantitative estimate of drug-likeness (QED) is 0.467. The summed E-state index contributed by atoms with van der Waals surface area (Å²) in [5.74, 6) is -0.701. The Labute approximate surface area is 176 Å². The van der Waals surface area contributed by atoms with E-state index in [1.54, 1.807) is 13.8 Å². The fourth-order valence-electron chi connectivity index (χ4n) is 2.56. The summed E-state index contributed by atoms with van der Waals surface area (Å²) < 4.78 is 5.99. The van der Waals surface area contributed by atoms with Gasteiger partial charge in [-0.05, 0) is 44.5 Å². The van der Waals surface area contributed by atoms with Crippen molar-refractivity contribution in [2.45, 2.75) is 25.8 Å². The Balaban J connectivity index is 1.69. The second-order valence-corrected chi connectivity index (χ2v) is 8.13. The van der Waals surface area contributed by atoms with Gasteiger partial charge in [-0.3, -0.25) is 4.79 Å². The van der Waals surface area contributed by atoms with Gasteiger partial charge in [0.2, 0.25) is 5.91 Å². The molecular formula is C20H18N4O3S2. The van der Waals surface area contributed by atoms with E-state index in [1.165, 1.54) is 17.4 Å². The number of aromatic nitrogens is 2. The summed E-state index contributed by atoms with van der Waals surface area (Å²) >= 11 is 2.54. The van der Waals surface area contributed by atoms with E-state index in [0.717, 1.165) is 27.5 Å². The third kappa shape index (κ3) is 4.91. The third-order valence-corrected chi connectivity index (χ3v) is 5.85. The number of nitriles is 1. The Morgan fingerprint density at radius 1 is 1.28 bits per heavy atom. The molecule has 0 radical (unpaired) electrons. The van der Waals surface area contributed by atoms with Crippen LogP contribution in [-0.2, 0) is 9.53 Å². The maximum absolute atomic E-state index is 12.3.